The third-order valence-corrected chi connectivity index (χ3v) is 4.45. The molecule has 1 amide bonds. The Morgan fingerprint density at radius 2 is 1.52 bits per heavy atom. The zero-order chi connectivity index (χ0) is 18.9. The van der Waals surface area contributed by atoms with E-state index in [1.54, 1.807) is 0 Å². The number of hydrogen-bond donors (Lipinski definition) is 1. The molecule has 0 rings (SSSR count). The smallest absolute Gasteiger partial charge is 0.407 e. The summed E-state index contributed by atoms with van der Waals surface area (Å²) >= 11 is 5.48. The molecule has 5 nitrogen and oxygen atoms in total. The van der Waals surface area contributed by atoms with Gasteiger partial charge in [0.25, 0.3) is 0 Å². The van der Waals surface area contributed by atoms with Crippen LogP contribution in [-0.2, 0) is 14.3 Å². The van der Waals surface area contributed by atoms with E-state index < -0.39 is 12.1 Å². The van der Waals surface area contributed by atoms with Gasteiger partial charge in [0.2, 0.25) is 0 Å². The van der Waals surface area contributed by atoms with Crippen LogP contribution in [0.25, 0.3) is 0 Å². The minimum atomic E-state index is -0.679. The Morgan fingerprint density at radius 1 is 0.920 bits per heavy atom. The van der Waals surface area contributed by atoms with Crippen molar-refractivity contribution in [3.63, 3.8) is 0 Å². The van der Waals surface area contributed by atoms with Crippen molar-refractivity contribution in [1.82, 2.24) is 5.32 Å². The summed E-state index contributed by atoms with van der Waals surface area (Å²) in [5, 5.41) is 2.59. The molecule has 148 valence electrons. The van der Waals surface area contributed by atoms with E-state index in [1.807, 2.05) is 13.8 Å². The monoisotopic (exact) mass is 377 g/mol. The molecule has 0 saturated carbocycles. The van der Waals surface area contributed by atoms with Crippen molar-refractivity contribution in [3.05, 3.63) is 0 Å². The van der Waals surface area contributed by atoms with Gasteiger partial charge in [-0.05, 0) is 12.3 Å². The van der Waals surface area contributed by atoms with Gasteiger partial charge >= 0.3 is 12.1 Å². The van der Waals surface area contributed by atoms with Gasteiger partial charge in [-0.2, -0.15) is 0 Å². The highest BCUT2D eigenvalue weighted by Gasteiger charge is 2.27. The first-order valence-corrected chi connectivity index (χ1v) is 10.3. The molecule has 0 aromatic rings. The fourth-order valence-corrected chi connectivity index (χ4v) is 2.54. The number of esters is 1. The molecule has 25 heavy (non-hydrogen) atoms. The van der Waals surface area contributed by atoms with Crippen molar-refractivity contribution in [2.24, 2.45) is 5.92 Å². The topological polar surface area (TPSA) is 64.6 Å². The van der Waals surface area contributed by atoms with Crippen molar-refractivity contribution in [2.75, 3.05) is 19.1 Å². The average Bonchev–Trinajstić information content (AvgIpc) is 2.62. The first-order chi connectivity index (χ1) is 12.1. The SMILES string of the molecule is CCCCCCCCCCOC(=O)C(NC(=O)OCCCl)C(C)CC. The van der Waals surface area contributed by atoms with Gasteiger partial charge < -0.3 is 14.8 Å². The summed E-state index contributed by atoms with van der Waals surface area (Å²) in [6, 6.07) is -0.679. The molecule has 6 heteroatoms. The Kier molecular flexibility index (Phi) is 15.9. The Labute approximate surface area is 158 Å². The normalized spacial score (nSPS) is 13.1. The molecule has 0 aliphatic rings. The summed E-state index contributed by atoms with van der Waals surface area (Å²) in [7, 11) is 0. The lowest BCUT2D eigenvalue weighted by Crippen LogP contribution is -2.46. The van der Waals surface area contributed by atoms with Gasteiger partial charge in [-0.1, -0.05) is 72.1 Å². The molecule has 0 radical (unpaired) electrons. The lowest BCUT2D eigenvalue weighted by Gasteiger charge is -2.22. The maximum absolute atomic E-state index is 12.2. The van der Waals surface area contributed by atoms with E-state index in [1.165, 1.54) is 38.5 Å². The number of halogens is 1. The molecule has 2 unspecified atom stereocenters. The Morgan fingerprint density at radius 3 is 2.08 bits per heavy atom. The molecule has 0 bridgehead atoms. The molecule has 2 atom stereocenters. The number of unbranched alkanes of at least 4 members (excludes halogenated alkanes) is 7. The average molecular weight is 378 g/mol. The third kappa shape index (κ3) is 13.0. The third-order valence-electron chi connectivity index (χ3n) is 4.29. The first-order valence-electron chi connectivity index (χ1n) is 9.72. The summed E-state index contributed by atoms with van der Waals surface area (Å²) in [6.07, 6.45) is 9.67. The number of ether oxygens (including phenoxy) is 2. The Bertz CT molecular complexity index is 352. The van der Waals surface area contributed by atoms with Gasteiger partial charge in [-0.25, -0.2) is 9.59 Å². The number of carbonyl (C=O) groups excluding carboxylic acids is 2. The standard InChI is InChI=1S/C19H36ClNO4/c1-4-6-7-8-9-10-11-12-14-24-18(22)17(16(3)5-2)21-19(23)25-15-13-20/h16-17H,4-15H2,1-3H3,(H,21,23). The lowest BCUT2D eigenvalue weighted by molar-refractivity contribution is -0.147. The van der Waals surface area contributed by atoms with Crippen LogP contribution in [0.1, 0.15) is 78.6 Å². The van der Waals surface area contributed by atoms with E-state index in [0.29, 0.717) is 6.61 Å². The highest BCUT2D eigenvalue weighted by molar-refractivity contribution is 6.18. The molecule has 0 aliphatic carbocycles. The summed E-state index contributed by atoms with van der Waals surface area (Å²) in [6.45, 7) is 6.61. The van der Waals surface area contributed by atoms with E-state index >= 15 is 0 Å². The molecule has 0 heterocycles. The molecule has 0 saturated heterocycles. The number of carbonyl (C=O) groups is 2. The van der Waals surface area contributed by atoms with Crippen LogP contribution >= 0.6 is 11.6 Å². The van der Waals surface area contributed by atoms with Crippen molar-refractivity contribution < 1.29 is 19.1 Å². The summed E-state index contributed by atoms with van der Waals surface area (Å²) in [5.41, 5.74) is 0. The molecule has 0 fully saturated rings. The summed E-state index contributed by atoms with van der Waals surface area (Å²) in [4.78, 5) is 23.9. The highest BCUT2D eigenvalue weighted by atomic mass is 35.5. The number of alkyl halides is 1. The fraction of sp³-hybridized carbons (Fsp3) is 0.895. The van der Waals surface area contributed by atoms with Gasteiger partial charge in [0.15, 0.2) is 0 Å². The van der Waals surface area contributed by atoms with Gasteiger partial charge in [0, 0.05) is 0 Å². The molecule has 0 spiro atoms. The Hall–Kier alpha value is -0.970. The number of nitrogens with one attached hydrogen (secondary N) is 1. The van der Waals surface area contributed by atoms with E-state index in [0.717, 1.165) is 19.3 Å². The van der Waals surface area contributed by atoms with E-state index in [2.05, 4.69) is 12.2 Å². The Balaban J connectivity index is 4.00. The summed E-state index contributed by atoms with van der Waals surface area (Å²) < 4.78 is 10.2. The number of hydrogen-bond acceptors (Lipinski definition) is 4. The van der Waals surface area contributed by atoms with Crippen LogP contribution in [0.2, 0.25) is 0 Å². The van der Waals surface area contributed by atoms with Gasteiger partial charge in [-0.15, -0.1) is 11.6 Å². The second kappa shape index (κ2) is 16.5. The van der Waals surface area contributed by atoms with Crippen molar-refractivity contribution >= 4 is 23.7 Å². The van der Waals surface area contributed by atoms with E-state index in [4.69, 9.17) is 21.1 Å². The first kappa shape index (κ1) is 24.0. The second-order valence-corrected chi connectivity index (χ2v) is 6.85. The predicted octanol–water partition coefficient (Wildman–Crippen LogP) is 5.05. The van der Waals surface area contributed by atoms with E-state index in [9.17, 15) is 9.59 Å². The van der Waals surface area contributed by atoms with Gasteiger partial charge in [0.05, 0.1) is 12.5 Å². The fourth-order valence-electron chi connectivity index (χ4n) is 2.47. The maximum Gasteiger partial charge on any atom is 0.407 e. The number of rotatable bonds is 15. The minimum absolute atomic E-state index is 0.0189. The van der Waals surface area contributed by atoms with Crippen molar-refractivity contribution in [3.8, 4) is 0 Å². The van der Waals surface area contributed by atoms with Crippen LogP contribution in [0.3, 0.4) is 0 Å². The minimum Gasteiger partial charge on any atom is -0.464 e. The molecular formula is C19H36ClNO4. The largest absolute Gasteiger partial charge is 0.464 e. The second-order valence-electron chi connectivity index (χ2n) is 6.47. The number of amides is 1. The molecule has 1 N–H and O–H groups in total. The van der Waals surface area contributed by atoms with Crippen LogP contribution in [0.5, 0.6) is 0 Å². The maximum atomic E-state index is 12.2. The van der Waals surface area contributed by atoms with Gasteiger partial charge in [0.1, 0.15) is 12.6 Å². The van der Waals surface area contributed by atoms with Crippen LogP contribution in [0.15, 0.2) is 0 Å². The zero-order valence-corrected chi connectivity index (χ0v) is 16.9. The van der Waals surface area contributed by atoms with Crippen molar-refractivity contribution in [2.45, 2.75) is 84.6 Å². The molecule has 0 aromatic carbocycles. The summed E-state index contributed by atoms with van der Waals surface area (Å²) in [5.74, 6) is -0.181. The molecular weight excluding hydrogens is 342 g/mol. The molecule has 0 aromatic heterocycles. The van der Waals surface area contributed by atoms with Crippen LogP contribution in [0.4, 0.5) is 4.79 Å². The lowest BCUT2D eigenvalue weighted by atomic mass is 9.99. The van der Waals surface area contributed by atoms with Gasteiger partial charge in [-0.3, -0.25) is 0 Å². The number of alkyl carbamates (subject to hydrolysis) is 1. The van der Waals surface area contributed by atoms with Crippen LogP contribution < -0.4 is 5.32 Å². The van der Waals surface area contributed by atoms with E-state index in [-0.39, 0.29) is 24.4 Å². The van der Waals surface area contributed by atoms with Crippen LogP contribution in [0, 0.1) is 5.92 Å². The molecule has 0 aliphatic heterocycles. The highest BCUT2D eigenvalue weighted by Crippen LogP contribution is 2.11. The zero-order valence-electron chi connectivity index (χ0n) is 16.2. The van der Waals surface area contributed by atoms with Crippen molar-refractivity contribution in [1.29, 1.82) is 0 Å². The quantitative estimate of drug-likeness (QED) is 0.246. The van der Waals surface area contributed by atoms with Crippen LogP contribution in [-0.4, -0.2) is 37.2 Å². The predicted molar refractivity (Wildman–Crippen MR) is 102 cm³/mol.